The van der Waals surface area contributed by atoms with Crippen molar-refractivity contribution in [1.82, 2.24) is 10.4 Å². The van der Waals surface area contributed by atoms with Crippen molar-refractivity contribution in [2.24, 2.45) is 5.10 Å². The highest BCUT2D eigenvalue weighted by molar-refractivity contribution is 6.07. The van der Waals surface area contributed by atoms with Gasteiger partial charge in [0, 0.05) is 23.4 Å². The summed E-state index contributed by atoms with van der Waals surface area (Å²) in [6, 6.07) is 22.2. The number of pyridine rings is 1. The molecular weight excluding hydrogens is 482 g/mol. The van der Waals surface area contributed by atoms with Gasteiger partial charge in [-0.25, -0.2) is 10.4 Å². The zero-order valence-corrected chi connectivity index (χ0v) is 21.6. The highest BCUT2D eigenvalue weighted by Crippen LogP contribution is 2.26. The second-order valence-corrected chi connectivity index (χ2v) is 8.50. The van der Waals surface area contributed by atoms with Crippen LogP contribution in [0.5, 0.6) is 11.5 Å². The van der Waals surface area contributed by atoms with Crippen LogP contribution in [0.2, 0.25) is 0 Å². The van der Waals surface area contributed by atoms with Crippen molar-refractivity contribution in [3.05, 3.63) is 89.5 Å². The van der Waals surface area contributed by atoms with Gasteiger partial charge in [0.2, 0.25) is 0 Å². The monoisotopic (exact) mass is 511 g/mol. The van der Waals surface area contributed by atoms with Crippen molar-refractivity contribution in [1.29, 1.82) is 0 Å². The van der Waals surface area contributed by atoms with Gasteiger partial charge < -0.3 is 14.2 Å². The number of hydrogen-bond donors (Lipinski definition) is 1. The summed E-state index contributed by atoms with van der Waals surface area (Å²) in [5.41, 5.74) is 6.72. The number of benzene rings is 3. The Morgan fingerprint density at radius 1 is 1.03 bits per heavy atom. The lowest BCUT2D eigenvalue weighted by Crippen LogP contribution is -2.18. The molecule has 0 aliphatic heterocycles. The van der Waals surface area contributed by atoms with Gasteiger partial charge in [0.15, 0.2) is 0 Å². The first kappa shape index (κ1) is 26.3. The molecule has 1 heterocycles. The van der Waals surface area contributed by atoms with Crippen LogP contribution in [0, 0.1) is 0 Å². The number of methoxy groups -OCH3 is 1. The van der Waals surface area contributed by atoms with Crippen molar-refractivity contribution in [2.75, 3.05) is 13.7 Å². The molecule has 38 heavy (non-hydrogen) atoms. The van der Waals surface area contributed by atoms with Gasteiger partial charge in [0.1, 0.15) is 18.1 Å². The first-order valence-electron chi connectivity index (χ1n) is 12.2. The number of nitrogens with zero attached hydrogens (tertiary/aromatic N) is 2. The SMILES string of the molecule is CCCOc1ccc(-c2cc(C(=O)NN=Cc3ccc(OC)c(COC(C)=O)c3)c3ccccc3n2)cc1. The molecule has 8 nitrogen and oxygen atoms in total. The molecule has 8 heteroatoms. The largest absolute Gasteiger partial charge is 0.496 e. The molecule has 0 spiro atoms. The van der Waals surface area contributed by atoms with Crippen LogP contribution in [-0.2, 0) is 16.1 Å². The van der Waals surface area contributed by atoms with Crippen LogP contribution in [-0.4, -0.2) is 36.8 Å². The molecule has 194 valence electrons. The number of para-hydroxylation sites is 1. The quantitative estimate of drug-likeness (QED) is 0.171. The average Bonchev–Trinajstić information content (AvgIpc) is 2.94. The van der Waals surface area contributed by atoms with E-state index in [4.69, 9.17) is 19.2 Å². The Balaban J connectivity index is 1.56. The third-order valence-corrected chi connectivity index (χ3v) is 5.70. The number of fused-ring (bicyclic) bond motifs is 1. The molecule has 3 aromatic carbocycles. The number of carbonyl (C=O) groups is 2. The predicted molar refractivity (Wildman–Crippen MR) is 146 cm³/mol. The summed E-state index contributed by atoms with van der Waals surface area (Å²) >= 11 is 0. The standard InChI is InChI=1S/C30H29N3O5/c1-4-15-37-24-12-10-22(11-13-24)28-17-26(25-7-5-6-8-27(25)32-28)30(35)33-31-18-21-9-14-29(36-3)23(16-21)19-38-20(2)34/h5-14,16-18H,4,15,19H2,1-3H3,(H,33,35). The topological polar surface area (TPSA) is 99.1 Å². The number of hydrogen-bond acceptors (Lipinski definition) is 7. The third kappa shape index (κ3) is 6.53. The van der Waals surface area contributed by atoms with Crippen LogP contribution >= 0.6 is 0 Å². The molecule has 0 unspecified atom stereocenters. The van der Waals surface area contributed by atoms with E-state index < -0.39 is 0 Å². The zero-order valence-electron chi connectivity index (χ0n) is 21.6. The maximum Gasteiger partial charge on any atom is 0.302 e. The van der Waals surface area contributed by atoms with E-state index in [0.717, 1.165) is 23.1 Å². The van der Waals surface area contributed by atoms with Crippen molar-refractivity contribution >= 4 is 29.0 Å². The maximum absolute atomic E-state index is 13.2. The van der Waals surface area contributed by atoms with Crippen LogP contribution in [0.4, 0.5) is 0 Å². The van der Waals surface area contributed by atoms with Crippen LogP contribution in [0.1, 0.15) is 41.8 Å². The Labute approximate surface area is 221 Å². The smallest absolute Gasteiger partial charge is 0.302 e. The van der Waals surface area contributed by atoms with Crippen LogP contribution in [0.3, 0.4) is 0 Å². The van der Waals surface area contributed by atoms with E-state index >= 15 is 0 Å². The number of esters is 1. The minimum absolute atomic E-state index is 0.0734. The first-order valence-corrected chi connectivity index (χ1v) is 12.2. The molecule has 0 saturated carbocycles. The van der Waals surface area contributed by atoms with E-state index in [9.17, 15) is 9.59 Å². The van der Waals surface area contributed by atoms with Gasteiger partial charge in [0.05, 0.1) is 36.7 Å². The minimum Gasteiger partial charge on any atom is -0.496 e. The first-order chi connectivity index (χ1) is 18.5. The molecule has 0 atom stereocenters. The number of carbonyl (C=O) groups excluding carboxylic acids is 2. The number of hydrazone groups is 1. The van der Waals surface area contributed by atoms with Gasteiger partial charge in [-0.2, -0.15) is 5.10 Å². The zero-order chi connectivity index (χ0) is 26.9. The van der Waals surface area contributed by atoms with Gasteiger partial charge in [-0.1, -0.05) is 25.1 Å². The number of ether oxygens (including phenoxy) is 3. The summed E-state index contributed by atoms with van der Waals surface area (Å²) in [7, 11) is 1.54. The van der Waals surface area contributed by atoms with Crippen LogP contribution < -0.4 is 14.9 Å². The Hall–Kier alpha value is -4.72. The number of aromatic nitrogens is 1. The number of rotatable bonds is 10. The summed E-state index contributed by atoms with van der Waals surface area (Å²) < 4.78 is 16.1. The fourth-order valence-electron chi connectivity index (χ4n) is 3.85. The molecule has 1 N–H and O–H groups in total. The third-order valence-electron chi connectivity index (χ3n) is 5.70. The van der Waals surface area contributed by atoms with Gasteiger partial charge in [-0.3, -0.25) is 9.59 Å². The molecule has 0 bridgehead atoms. The van der Waals surface area contributed by atoms with Gasteiger partial charge >= 0.3 is 5.97 Å². The Morgan fingerprint density at radius 3 is 2.55 bits per heavy atom. The molecule has 1 aromatic heterocycles. The van der Waals surface area contributed by atoms with E-state index in [2.05, 4.69) is 17.5 Å². The lowest BCUT2D eigenvalue weighted by Gasteiger charge is -2.10. The van der Waals surface area contributed by atoms with E-state index in [-0.39, 0.29) is 18.5 Å². The Morgan fingerprint density at radius 2 is 1.82 bits per heavy atom. The van der Waals surface area contributed by atoms with Crippen molar-refractivity contribution < 1.29 is 23.8 Å². The lowest BCUT2D eigenvalue weighted by atomic mass is 10.0. The molecule has 4 rings (SSSR count). The fourth-order valence-corrected chi connectivity index (χ4v) is 3.85. The molecule has 0 saturated heterocycles. The molecule has 0 aliphatic rings. The van der Waals surface area contributed by atoms with Crippen molar-refractivity contribution in [2.45, 2.75) is 26.9 Å². The van der Waals surface area contributed by atoms with Crippen molar-refractivity contribution in [3.8, 4) is 22.8 Å². The second kappa shape index (κ2) is 12.5. The van der Waals surface area contributed by atoms with Gasteiger partial charge in [0.25, 0.3) is 5.91 Å². The average molecular weight is 512 g/mol. The summed E-state index contributed by atoms with van der Waals surface area (Å²) in [5.74, 6) is 0.632. The van der Waals surface area contributed by atoms with Gasteiger partial charge in [-0.05, 0) is 66.6 Å². The number of amides is 1. The summed E-state index contributed by atoms with van der Waals surface area (Å²) in [6.45, 7) is 4.13. The predicted octanol–water partition coefficient (Wildman–Crippen LogP) is 5.53. The fraction of sp³-hybridized carbons (Fsp3) is 0.200. The summed E-state index contributed by atoms with van der Waals surface area (Å²) in [6.07, 6.45) is 2.46. The van der Waals surface area contributed by atoms with Crippen LogP contribution in [0.25, 0.3) is 22.2 Å². The summed E-state index contributed by atoms with van der Waals surface area (Å²) in [5, 5.41) is 4.87. The van der Waals surface area contributed by atoms with Crippen molar-refractivity contribution in [3.63, 3.8) is 0 Å². The van der Waals surface area contributed by atoms with Crippen LogP contribution in [0.15, 0.2) is 77.9 Å². The Kier molecular flexibility index (Phi) is 8.66. The van der Waals surface area contributed by atoms with E-state index in [1.165, 1.54) is 13.1 Å². The number of nitrogens with one attached hydrogen (secondary N) is 1. The second-order valence-electron chi connectivity index (χ2n) is 8.50. The molecule has 4 aromatic rings. The minimum atomic E-state index is -0.386. The Bertz CT molecular complexity index is 1460. The van der Waals surface area contributed by atoms with Gasteiger partial charge in [-0.15, -0.1) is 0 Å². The maximum atomic E-state index is 13.2. The van der Waals surface area contributed by atoms with E-state index in [1.54, 1.807) is 31.4 Å². The molecule has 0 radical (unpaired) electrons. The highest BCUT2D eigenvalue weighted by atomic mass is 16.5. The summed E-state index contributed by atoms with van der Waals surface area (Å²) in [4.78, 5) is 29.2. The molecular formula is C30H29N3O5. The molecule has 1 amide bonds. The highest BCUT2D eigenvalue weighted by Gasteiger charge is 2.14. The van der Waals surface area contributed by atoms with E-state index in [0.29, 0.717) is 40.3 Å². The normalized spacial score (nSPS) is 10.9. The lowest BCUT2D eigenvalue weighted by molar-refractivity contribution is -0.142. The van der Waals surface area contributed by atoms with E-state index in [1.807, 2.05) is 48.5 Å². The molecule has 0 aliphatic carbocycles. The molecule has 0 fully saturated rings.